The van der Waals surface area contributed by atoms with Crippen molar-refractivity contribution in [3.8, 4) is 0 Å². The average molecular weight is 211 g/mol. The standard InChI is InChI=1S/C13H25NO/c1-12(2)6-5-9-14-11(15)10-13(3,4)8-7-12/h5-10H2,1-4H3,(H,14,15). The summed E-state index contributed by atoms with van der Waals surface area (Å²) in [5.41, 5.74) is 0.581. The Kier molecular flexibility index (Phi) is 3.80. The van der Waals surface area contributed by atoms with Crippen molar-refractivity contribution in [2.45, 2.75) is 59.8 Å². The molecule has 0 aromatic rings. The van der Waals surface area contributed by atoms with Crippen molar-refractivity contribution in [2.24, 2.45) is 10.8 Å². The molecule has 1 rings (SSSR count). The van der Waals surface area contributed by atoms with Crippen LogP contribution in [0.2, 0.25) is 0 Å². The summed E-state index contributed by atoms with van der Waals surface area (Å²) in [6.07, 6.45) is 5.37. The van der Waals surface area contributed by atoms with E-state index >= 15 is 0 Å². The largest absolute Gasteiger partial charge is 0.356 e. The van der Waals surface area contributed by atoms with E-state index in [0.29, 0.717) is 11.8 Å². The van der Waals surface area contributed by atoms with Gasteiger partial charge in [0.2, 0.25) is 5.91 Å². The van der Waals surface area contributed by atoms with E-state index in [1.807, 2.05) is 0 Å². The molecule has 2 heteroatoms. The summed E-state index contributed by atoms with van der Waals surface area (Å²) in [4.78, 5) is 11.6. The van der Waals surface area contributed by atoms with Crippen LogP contribution in [0.1, 0.15) is 59.8 Å². The Morgan fingerprint density at radius 2 is 1.60 bits per heavy atom. The van der Waals surface area contributed by atoms with Gasteiger partial charge in [0.15, 0.2) is 0 Å². The molecule has 1 aliphatic rings. The lowest BCUT2D eigenvalue weighted by Gasteiger charge is -2.32. The summed E-state index contributed by atoms with van der Waals surface area (Å²) in [6.45, 7) is 9.92. The van der Waals surface area contributed by atoms with Crippen LogP contribution in [0.5, 0.6) is 0 Å². The maximum atomic E-state index is 11.6. The van der Waals surface area contributed by atoms with Crippen LogP contribution in [0.15, 0.2) is 0 Å². The average Bonchev–Trinajstić information content (AvgIpc) is 2.08. The van der Waals surface area contributed by atoms with E-state index in [9.17, 15) is 4.79 Å². The minimum Gasteiger partial charge on any atom is -0.356 e. The van der Waals surface area contributed by atoms with Gasteiger partial charge in [0, 0.05) is 13.0 Å². The summed E-state index contributed by atoms with van der Waals surface area (Å²) in [5, 5.41) is 3.01. The van der Waals surface area contributed by atoms with Gasteiger partial charge in [-0.25, -0.2) is 0 Å². The van der Waals surface area contributed by atoms with Gasteiger partial charge in [-0.2, -0.15) is 0 Å². The minimum atomic E-state index is 0.151. The van der Waals surface area contributed by atoms with Crippen LogP contribution in [-0.4, -0.2) is 12.5 Å². The molecule has 1 N–H and O–H groups in total. The number of hydrogen-bond donors (Lipinski definition) is 1. The van der Waals surface area contributed by atoms with Crippen molar-refractivity contribution >= 4 is 5.91 Å². The van der Waals surface area contributed by atoms with E-state index in [2.05, 4.69) is 33.0 Å². The molecule has 0 aromatic carbocycles. The second-order valence-corrected chi connectivity index (χ2v) is 6.46. The molecule has 1 heterocycles. The van der Waals surface area contributed by atoms with Gasteiger partial charge in [0.1, 0.15) is 0 Å². The van der Waals surface area contributed by atoms with E-state index in [-0.39, 0.29) is 11.3 Å². The van der Waals surface area contributed by atoms with Crippen molar-refractivity contribution in [1.29, 1.82) is 0 Å². The third-order valence-corrected chi connectivity index (χ3v) is 3.47. The number of rotatable bonds is 0. The maximum Gasteiger partial charge on any atom is 0.220 e. The van der Waals surface area contributed by atoms with Crippen molar-refractivity contribution < 1.29 is 4.79 Å². The highest BCUT2D eigenvalue weighted by Crippen LogP contribution is 2.36. The first-order valence-corrected chi connectivity index (χ1v) is 6.08. The van der Waals surface area contributed by atoms with Gasteiger partial charge in [-0.05, 0) is 36.5 Å². The molecule has 0 unspecified atom stereocenters. The number of nitrogens with one attached hydrogen (secondary N) is 1. The molecule has 2 nitrogen and oxygen atoms in total. The van der Waals surface area contributed by atoms with Crippen LogP contribution >= 0.6 is 0 Å². The lowest BCUT2D eigenvalue weighted by atomic mass is 9.75. The Labute approximate surface area is 93.8 Å². The summed E-state index contributed by atoms with van der Waals surface area (Å²) in [5.74, 6) is 0.222. The molecule has 0 saturated carbocycles. The van der Waals surface area contributed by atoms with Gasteiger partial charge < -0.3 is 5.32 Å². The fourth-order valence-electron chi connectivity index (χ4n) is 2.18. The first-order chi connectivity index (χ1) is 6.81. The summed E-state index contributed by atoms with van der Waals surface area (Å²) in [7, 11) is 0. The van der Waals surface area contributed by atoms with Gasteiger partial charge in [0.25, 0.3) is 0 Å². The normalized spacial score (nSPS) is 26.8. The predicted molar refractivity (Wildman–Crippen MR) is 63.7 cm³/mol. The van der Waals surface area contributed by atoms with Crippen molar-refractivity contribution in [1.82, 2.24) is 5.32 Å². The van der Waals surface area contributed by atoms with Crippen LogP contribution in [0, 0.1) is 10.8 Å². The van der Waals surface area contributed by atoms with Gasteiger partial charge in [-0.1, -0.05) is 27.7 Å². The highest BCUT2D eigenvalue weighted by Gasteiger charge is 2.27. The molecule has 0 aromatic heterocycles. The molecular weight excluding hydrogens is 186 g/mol. The lowest BCUT2D eigenvalue weighted by Crippen LogP contribution is -2.32. The Bertz CT molecular complexity index is 231. The molecule has 0 bridgehead atoms. The molecule has 0 atom stereocenters. The van der Waals surface area contributed by atoms with Gasteiger partial charge in [0.05, 0.1) is 0 Å². The Balaban J connectivity index is 2.62. The van der Waals surface area contributed by atoms with Gasteiger partial charge >= 0.3 is 0 Å². The lowest BCUT2D eigenvalue weighted by molar-refractivity contribution is -0.123. The predicted octanol–water partition coefficient (Wildman–Crippen LogP) is 3.12. The van der Waals surface area contributed by atoms with Crippen LogP contribution in [0.4, 0.5) is 0 Å². The molecule has 0 radical (unpaired) electrons. The summed E-state index contributed by atoms with van der Waals surface area (Å²) >= 11 is 0. The third kappa shape index (κ3) is 4.67. The van der Waals surface area contributed by atoms with Crippen LogP contribution in [0.3, 0.4) is 0 Å². The van der Waals surface area contributed by atoms with Crippen molar-refractivity contribution in [2.75, 3.05) is 6.54 Å². The number of hydrogen-bond acceptors (Lipinski definition) is 1. The van der Waals surface area contributed by atoms with E-state index in [1.54, 1.807) is 0 Å². The zero-order valence-electron chi connectivity index (χ0n) is 10.7. The topological polar surface area (TPSA) is 29.1 Å². The molecule has 0 spiro atoms. The molecule has 1 amide bonds. The summed E-state index contributed by atoms with van der Waals surface area (Å²) < 4.78 is 0. The van der Waals surface area contributed by atoms with Gasteiger partial charge in [-0.3, -0.25) is 4.79 Å². The van der Waals surface area contributed by atoms with Crippen LogP contribution in [-0.2, 0) is 4.79 Å². The van der Waals surface area contributed by atoms with E-state index < -0.39 is 0 Å². The molecular formula is C13H25NO. The number of carbonyl (C=O) groups is 1. The fourth-order valence-corrected chi connectivity index (χ4v) is 2.18. The molecule has 1 fully saturated rings. The zero-order valence-corrected chi connectivity index (χ0v) is 10.7. The maximum absolute atomic E-state index is 11.6. The quantitative estimate of drug-likeness (QED) is 0.655. The number of amides is 1. The van der Waals surface area contributed by atoms with Crippen molar-refractivity contribution in [3.05, 3.63) is 0 Å². The van der Waals surface area contributed by atoms with Crippen LogP contribution in [0.25, 0.3) is 0 Å². The monoisotopic (exact) mass is 211 g/mol. The fraction of sp³-hybridized carbons (Fsp3) is 0.923. The Hall–Kier alpha value is -0.530. The first-order valence-electron chi connectivity index (χ1n) is 6.08. The highest BCUT2D eigenvalue weighted by atomic mass is 16.1. The second-order valence-electron chi connectivity index (χ2n) is 6.46. The first kappa shape index (κ1) is 12.5. The van der Waals surface area contributed by atoms with Crippen molar-refractivity contribution in [3.63, 3.8) is 0 Å². The van der Waals surface area contributed by atoms with Gasteiger partial charge in [-0.15, -0.1) is 0 Å². The molecule has 15 heavy (non-hydrogen) atoms. The summed E-state index contributed by atoms with van der Waals surface area (Å²) in [6, 6.07) is 0. The second kappa shape index (κ2) is 4.54. The smallest absolute Gasteiger partial charge is 0.220 e. The highest BCUT2D eigenvalue weighted by molar-refractivity contribution is 5.76. The molecule has 88 valence electrons. The van der Waals surface area contributed by atoms with Crippen LogP contribution < -0.4 is 5.32 Å². The van der Waals surface area contributed by atoms with E-state index in [0.717, 1.165) is 19.4 Å². The Morgan fingerprint density at radius 1 is 1.00 bits per heavy atom. The molecule has 1 saturated heterocycles. The molecule has 1 aliphatic heterocycles. The third-order valence-electron chi connectivity index (χ3n) is 3.47. The minimum absolute atomic E-state index is 0.151. The SMILES string of the molecule is CC1(C)CCCNC(=O)CC(C)(C)CC1. The Morgan fingerprint density at radius 3 is 2.27 bits per heavy atom. The zero-order chi connectivity index (χ0) is 11.5. The van der Waals surface area contributed by atoms with E-state index in [1.165, 1.54) is 12.8 Å². The van der Waals surface area contributed by atoms with E-state index in [4.69, 9.17) is 0 Å². The number of carbonyl (C=O) groups excluding carboxylic acids is 1. The molecule has 0 aliphatic carbocycles.